The van der Waals surface area contributed by atoms with Gasteiger partial charge < -0.3 is 9.84 Å². The van der Waals surface area contributed by atoms with Gasteiger partial charge in [-0.1, -0.05) is 12.1 Å². The monoisotopic (exact) mass is 284 g/mol. The van der Waals surface area contributed by atoms with E-state index in [1.54, 1.807) is 12.1 Å². The Morgan fingerprint density at radius 3 is 2.74 bits per heavy atom. The molecule has 0 saturated heterocycles. The lowest BCUT2D eigenvalue weighted by Crippen LogP contribution is -2.38. The molecular weight excluding hydrogens is 268 g/mol. The van der Waals surface area contributed by atoms with E-state index in [1.165, 1.54) is 19.2 Å². The van der Waals surface area contributed by atoms with E-state index in [4.69, 9.17) is 15.1 Å². The van der Waals surface area contributed by atoms with E-state index in [-0.39, 0.29) is 30.1 Å². The molecule has 19 heavy (non-hydrogen) atoms. The summed E-state index contributed by atoms with van der Waals surface area (Å²) >= 11 is 0. The second-order valence-corrected chi connectivity index (χ2v) is 5.58. The highest BCUT2D eigenvalue weighted by molar-refractivity contribution is 7.89. The summed E-state index contributed by atoms with van der Waals surface area (Å²) in [5.41, 5.74) is 0.0789. The molecule has 1 rings (SSSR count). The zero-order chi connectivity index (χ0) is 14.3. The van der Waals surface area contributed by atoms with Gasteiger partial charge in [0.2, 0.25) is 10.0 Å². The van der Waals surface area contributed by atoms with Gasteiger partial charge in [-0.25, -0.2) is 13.1 Å². The van der Waals surface area contributed by atoms with Crippen LogP contribution in [0, 0.1) is 11.3 Å². The SMILES string of the molecule is COCC(CCO)NS(=O)(=O)c1ccccc1C#N. The van der Waals surface area contributed by atoms with Crippen LogP contribution < -0.4 is 4.72 Å². The maximum atomic E-state index is 12.2. The normalized spacial score (nSPS) is 12.9. The molecule has 0 saturated carbocycles. The number of hydrogen-bond acceptors (Lipinski definition) is 5. The van der Waals surface area contributed by atoms with Gasteiger partial charge in [0.1, 0.15) is 6.07 Å². The summed E-state index contributed by atoms with van der Waals surface area (Å²) < 4.78 is 31.7. The molecule has 0 aliphatic rings. The molecule has 0 aromatic heterocycles. The molecule has 0 bridgehead atoms. The van der Waals surface area contributed by atoms with Crippen molar-refractivity contribution in [1.29, 1.82) is 5.26 Å². The summed E-state index contributed by atoms with van der Waals surface area (Å²) in [7, 11) is -2.36. The largest absolute Gasteiger partial charge is 0.396 e. The highest BCUT2D eigenvalue weighted by Crippen LogP contribution is 2.15. The quantitative estimate of drug-likeness (QED) is 0.747. The van der Waals surface area contributed by atoms with Gasteiger partial charge in [-0.15, -0.1) is 0 Å². The van der Waals surface area contributed by atoms with E-state index in [2.05, 4.69) is 4.72 Å². The van der Waals surface area contributed by atoms with Crippen molar-refractivity contribution in [3.05, 3.63) is 29.8 Å². The number of rotatable bonds is 7. The topological polar surface area (TPSA) is 99.4 Å². The van der Waals surface area contributed by atoms with Crippen molar-refractivity contribution in [2.24, 2.45) is 0 Å². The number of nitrogens with one attached hydrogen (secondary N) is 1. The van der Waals surface area contributed by atoms with Crippen LogP contribution in [0.2, 0.25) is 0 Å². The van der Waals surface area contributed by atoms with Crippen molar-refractivity contribution >= 4 is 10.0 Å². The Labute approximate surface area is 112 Å². The summed E-state index contributed by atoms with van der Waals surface area (Å²) in [6.07, 6.45) is 0.238. The van der Waals surface area contributed by atoms with Crippen molar-refractivity contribution in [1.82, 2.24) is 4.72 Å². The average Bonchev–Trinajstić information content (AvgIpc) is 2.39. The van der Waals surface area contributed by atoms with Crippen molar-refractivity contribution in [3.8, 4) is 6.07 Å². The van der Waals surface area contributed by atoms with Gasteiger partial charge in [-0.2, -0.15) is 5.26 Å². The van der Waals surface area contributed by atoms with E-state index in [0.717, 1.165) is 0 Å². The zero-order valence-corrected chi connectivity index (χ0v) is 11.4. The molecule has 1 aromatic carbocycles. The van der Waals surface area contributed by atoms with Crippen LogP contribution in [0.1, 0.15) is 12.0 Å². The Kier molecular flexibility index (Phi) is 5.92. The molecule has 6 nitrogen and oxygen atoms in total. The van der Waals surface area contributed by atoms with Crippen molar-refractivity contribution in [2.75, 3.05) is 20.3 Å². The van der Waals surface area contributed by atoms with E-state index in [9.17, 15) is 8.42 Å². The zero-order valence-electron chi connectivity index (χ0n) is 10.5. The molecule has 1 unspecified atom stereocenters. The predicted octanol–water partition coefficient (Wildman–Crippen LogP) is 0.234. The van der Waals surface area contributed by atoms with E-state index < -0.39 is 16.1 Å². The molecule has 7 heteroatoms. The average molecular weight is 284 g/mol. The Balaban J connectivity index is 3.00. The van der Waals surface area contributed by atoms with Gasteiger partial charge in [0.05, 0.1) is 17.1 Å². The van der Waals surface area contributed by atoms with E-state index >= 15 is 0 Å². The summed E-state index contributed by atoms with van der Waals surface area (Å²) in [6, 6.07) is 7.25. The molecule has 1 aromatic rings. The number of nitrogens with zero attached hydrogens (tertiary/aromatic N) is 1. The molecule has 0 aliphatic heterocycles. The third kappa shape index (κ3) is 4.29. The molecule has 0 fully saturated rings. The highest BCUT2D eigenvalue weighted by Gasteiger charge is 2.22. The van der Waals surface area contributed by atoms with Crippen molar-refractivity contribution in [2.45, 2.75) is 17.4 Å². The number of methoxy groups -OCH3 is 1. The molecule has 1 atom stereocenters. The molecule has 0 radical (unpaired) electrons. The minimum absolute atomic E-state index is 0.0726. The lowest BCUT2D eigenvalue weighted by atomic mass is 10.2. The Bertz CT molecular complexity index is 545. The van der Waals surface area contributed by atoms with Crippen molar-refractivity contribution in [3.63, 3.8) is 0 Å². The number of ether oxygens (including phenoxy) is 1. The first-order chi connectivity index (χ1) is 9.05. The minimum atomic E-state index is -3.81. The summed E-state index contributed by atoms with van der Waals surface area (Å²) in [5.74, 6) is 0. The van der Waals surface area contributed by atoms with Gasteiger partial charge in [0.25, 0.3) is 0 Å². The van der Waals surface area contributed by atoms with Crippen molar-refractivity contribution < 1.29 is 18.3 Å². The standard InChI is InChI=1S/C12H16N2O4S/c1-18-9-11(6-7-15)14-19(16,17)12-5-3-2-4-10(12)8-13/h2-5,11,14-15H,6-7,9H2,1H3. The molecule has 0 spiro atoms. The minimum Gasteiger partial charge on any atom is -0.396 e. The fraction of sp³-hybridized carbons (Fsp3) is 0.417. The summed E-state index contributed by atoms with van der Waals surface area (Å²) in [6.45, 7) is -0.00897. The maximum absolute atomic E-state index is 12.2. The van der Waals surface area contributed by atoms with Crippen LogP contribution in [0.3, 0.4) is 0 Å². The Morgan fingerprint density at radius 1 is 1.47 bits per heavy atom. The van der Waals surface area contributed by atoms with Crippen LogP contribution in [0.4, 0.5) is 0 Å². The molecular formula is C12H16N2O4S. The van der Waals surface area contributed by atoms with E-state index in [1.807, 2.05) is 6.07 Å². The number of hydrogen-bond donors (Lipinski definition) is 2. The van der Waals surface area contributed by atoms with Crippen LogP contribution in [-0.4, -0.2) is 39.9 Å². The summed E-state index contributed by atoms with van der Waals surface area (Å²) in [5, 5.41) is 17.8. The van der Waals surface area contributed by atoms with Gasteiger partial charge >= 0.3 is 0 Å². The first-order valence-electron chi connectivity index (χ1n) is 5.66. The van der Waals surface area contributed by atoms with Crippen LogP contribution in [0.25, 0.3) is 0 Å². The van der Waals surface area contributed by atoms with Gasteiger partial charge in [-0.05, 0) is 18.6 Å². The fourth-order valence-corrected chi connectivity index (χ4v) is 3.02. The van der Waals surface area contributed by atoms with Gasteiger partial charge in [0, 0.05) is 19.8 Å². The van der Waals surface area contributed by atoms with Gasteiger partial charge in [0.15, 0.2) is 0 Å². The lowest BCUT2D eigenvalue weighted by molar-refractivity contribution is 0.158. The molecule has 0 aliphatic carbocycles. The number of aliphatic hydroxyl groups is 1. The highest BCUT2D eigenvalue weighted by atomic mass is 32.2. The first kappa shape index (κ1) is 15.6. The molecule has 0 amide bonds. The second-order valence-electron chi connectivity index (χ2n) is 3.89. The summed E-state index contributed by atoms with van der Waals surface area (Å²) in [4.78, 5) is -0.0726. The Hall–Kier alpha value is -1.46. The fourth-order valence-electron chi connectivity index (χ4n) is 1.61. The number of nitriles is 1. The number of benzene rings is 1. The first-order valence-corrected chi connectivity index (χ1v) is 7.14. The van der Waals surface area contributed by atoms with Crippen LogP contribution >= 0.6 is 0 Å². The molecule has 104 valence electrons. The van der Waals surface area contributed by atoms with Crippen LogP contribution in [0.5, 0.6) is 0 Å². The molecule has 2 N–H and O–H groups in total. The third-order valence-corrected chi connectivity index (χ3v) is 4.04. The Morgan fingerprint density at radius 2 is 2.16 bits per heavy atom. The third-order valence-electron chi connectivity index (χ3n) is 2.46. The number of aliphatic hydroxyl groups excluding tert-OH is 1. The maximum Gasteiger partial charge on any atom is 0.242 e. The lowest BCUT2D eigenvalue weighted by Gasteiger charge is -2.17. The van der Waals surface area contributed by atoms with E-state index in [0.29, 0.717) is 0 Å². The van der Waals surface area contributed by atoms with Crippen LogP contribution in [0.15, 0.2) is 29.2 Å². The van der Waals surface area contributed by atoms with Crippen LogP contribution in [-0.2, 0) is 14.8 Å². The van der Waals surface area contributed by atoms with Gasteiger partial charge in [-0.3, -0.25) is 0 Å². The smallest absolute Gasteiger partial charge is 0.242 e. The predicted molar refractivity (Wildman–Crippen MR) is 68.8 cm³/mol. The molecule has 0 heterocycles. The number of sulfonamides is 1. The second kappa shape index (κ2) is 7.21.